The molecule has 0 amide bonds. The van der Waals surface area contributed by atoms with Gasteiger partial charge in [-0.1, -0.05) is 6.07 Å². The predicted octanol–water partition coefficient (Wildman–Crippen LogP) is 3.61. The van der Waals surface area contributed by atoms with Gasteiger partial charge in [-0.3, -0.25) is 9.59 Å². The van der Waals surface area contributed by atoms with E-state index in [-0.39, 0.29) is 18.2 Å². The number of hydrogen-bond donors (Lipinski definition) is 0. The Bertz CT molecular complexity index is 937. The van der Waals surface area contributed by atoms with Crippen LogP contribution >= 0.6 is 11.3 Å². The molecule has 3 aromatic heterocycles. The summed E-state index contributed by atoms with van der Waals surface area (Å²) in [5, 5.41) is 1.82. The molecule has 0 fully saturated rings. The van der Waals surface area contributed by atoms with Gasteiger partial charge in [0.15, 0.2) is 5.78 Å². The van der Waals surface area contributed by atoms with E-state index in [0.29, 0.717) is 27.2 Å². The Hall–Kier alpha value is -2.73. The summed E-state index contributed by atoms with van der Waals surface area (Å²) in [5.74, 6) is -0.801. The Morgan fingerprint density at radius 2 is 2.00 bits per heavy atom. The third-order valence-corrected chi connectivity index (χ3v) is 4.51. The van der Waals surface area contributed by atoms with Crippen LogP contribution in [0.1, 0.15) is 49.9 Å². The molecule has 0 saturated carbocycles. The molecule has 3 heterocycles. The summed E-state index contributed by atoms with van der Waals surface area (Å²) < 4.78 is 6.66. The summed E-state index contributed by atoms with van der Waals surface area (Å²) in [6.45, 7) is 3.43. The summed E-state index contributed by atoms with van der Waals surface area (Å²) in [7, 11) is 0. The molecule has 0 N–H and O–H groups in total. The molecule has 0 saturated heterocycles. The van der Waals surface area contributed by atoms with Crippen molar-refractivity contribution in [3.8, 4) is 0 Å². The average molecular weight is 341 g/mol. The second kappa shape index (κ2) is 6.41. The lowest BCUT2D eigenvalue weighted by Crippen LogP contribution is -2.05. The summed E-state index contributed by atoms with van der Waals surface area (Å²) in [6, 6.07) is 8.35. The van der Waals surface area contributed by atoms with Gasteiger partial charge < -0.3 is 9.14 Å². The minimum absolute atomic E-state index is 0.113. The molecule has 0 unspecified atom stereocenters. The van der Waals surface area contributed by atoms with E-state index < -0.39 is 5.97 Å². The van der Waals surface area contributed by atoms with Gasteiger partial charge in [0.05, 0.1) is 28.3 Å². The number of ether oxygens (including phenoxy) is 1. The number of Topliss-reactive ketones (excluding diaryl/α,β-unsaturated/α-hetero) is 1. The number of fused-ring (bicyclic) bond motifs is 1. The van der Waals surface area contributed by atoms with Crippen molar-refractivity contribution in [1.82, 2.24) is 4.40 Å². The van der Waals surface area contributed by atoms with Crippen LogP contribution in [0.25, 0.3) is 5.52 Å². The maximum absolute atomic E-state index is 12.7. The molecule has 24 heavy (non-hydrogen) atoms. The molecule has 0 bridgehead atoms. The minimum atomic E-state index is -0.490. The highest BCUT2D eigenvalue weighted by molar-refractivity contribution is 7.12. The highest BCUT2D eigenvalue weighted by Gasteiger charge is 2.22. The number of carbonyl (C=O) groups excluding carboxylic acids is 3. The van der Waals surface area contributed by atoms with Gasteiger partial charge in [-0.2, -0.15) is 0 Å². The van der Waals surface area contributed by atoms with Gasteiger partial charge in [0, 0.05) is 11.8 Å². The second-order valence-corrected chi connectivity index (χ2v) is 6.15. The van der Waals surface area contributed by atoms with E-state index in [1.807, 2.05) is 5.38 Å². The molecule has 0 spiro atoms. The van der Waals surface area contributed by atoms with Crippen molar-refractivity contribution in [2.24, 2.45) is 0 Å². The van der Waals surface area contributed by atoms with Crippen molar-refractivity contribution in [2.75, 3.05) is 6.61 Å². The summed E-state index contributed by atoms with van der Waals surface area (Å²) in [6.07, 6.45) is 1.58. The normalized spacial score (nSPS) is 10.8. The molecule has 3 rings (SSSR count). The van der Waals surface area contributed by atoms with E-state index in [1.165, 1.54) is 24.3 Å². The first-order chi connectivity index (χ1) is 11.5. The molecular formula is C18H15NO4S. The maximum Gasteiger partial charge on any atom is 0.340 e. The molecule has 0 aliphatic carbocycles. The number of ketones is 2. The Balaban J connectivity index is 2.22. The lowest BCUT2D eigenvalue weighted by molar-refractivity contribution is 0.0528. The van der Waals surface area contributed by atoms with Crippen LogP contribution in [0, 0.1) is 0 Å². The van der Waals surface area contributed by atoms with Gasteiger partial charge in [-0.15, -0.1) is 11.3 Å². The third kappa shape index (κ3) is 2.76. The van der Waals surface area contributed by atoms with Gasteiger partial charge in [0.25, 0.3) is 0 Å². The molecule has 5 nitrogen and oxygen atoms in total. The van der Waals surface area contributed by atoms with E-state index in [1.54, 1.807) is 41.8 Å². The lowest BCUT2D eigenvalue weighted by atomic mass is 10.2. The van der Waals surface area contributed by atoms with Gasteiger partial charge in [-0.05, 0) is 43.5 Å². The molecule has 122 valence electrons. The van der Waals surface area contributed by atoms with Gasteiger partial charge in [0.2, 0.25) is 5.78 Å². The van der Waals surface area contributed by atoms with Crippen LogP contribution in [0.5, 0.6) is 0 Å². The van der Waals surface area contributed by atoms with Gasteiger partial charge in [-0.25, -0.2) is 4.79 Å². The van der Waals surface area contributed by atoms with Crippen LogP contribution < -0.4 is 0 Å². The zero-order valence-electron chi connectivity index (χ0n) is 13.2. The first-order valence-corrected chi connectivity index (χ1v) is 8.32. The summed E-state index contributed by atoms with van der Waals surface area (Å²) in [5.41, 5.74) is 1.65. The van der Waals surface area contributed by atoms with Crippen LogP contribution in [-0.2, 0) is 4.74 Å². The van der Waals surface area contributed by atoms with E-state index in [0.717, 1.165) is 0 Å². The van der Waals surface area contributed by atoms with Crippen LogP contribution in [0.15, 0.2) is 41.9 Å². The molecule has 0 aliphatic heterocycles. The average Bonchev–Trinajstić information content (AvgIpc) is 3.22. The zero-order valence-corrected chi connectivity index (χ0v) is 14.1. The smallest absolute Gasteiger partial charge is 0.340 e. The summed E-state index contributed by atoms with van der Waals surface area (Å²) >= 11 is 1.33. The standard InChI is InChI=1S/C18H15NO4S/c1-3-23-18(22)13-9-15(17(21)16-5-4-8-24-16)19-10-12(11(2)20)6-7-14(13)19/h4-10H,3H2,1-2H3. The molecule has 0 radical (unpaired) electrons. The van der Waals surface area contributed by atoms with E-state index >= 15 is 0 Å². The highest BCUT2D eigenvalue weighted by atomic mass is 32.1. The largest absolute Gasteiger partial charge is 0.462 e. The fraction of sp³-hybridized carbons (Fsp3) is 0.167. The van der Waals surface area contributed by atoms with Crippen molar-refractivity contribution in [1.29, 1.82) is 0 Å². The monoisotopic (exact) mass is 341 g/mol. The van der Waals surface area contributed by atoms with Crippen molar-refractivity contribution >= 4 is 34.4 Å². The predicted molar refractivity (Wildman–Crippen MR) is 91.1 cm³/mol. The Labute approximate surface area is 142 Å². The first kappa shape index (κ1) is 16.1. The molecule has 0 aromatic carbocycles. The fourth-order valence-electron chi connectivity index (χ4n) is 2.49. The number of pyridine rings is 1. The van der Waals surface area contributed by atoms with Gasteiger partial charge in [0.1, 0.15) is 0 Å². The molecule has 0 atom stereocenters. The van der Waals surface area contributed by atoms with Crippen LogP contribution in [0.4, 0.5) is 0 Å². The Morgan fingerprint density at radius 3 is 2.62 bits per heavy atom. The topological polar surface area (TPSA) is 64.8 Å². The maximum atomic E-state index is 12.7. The van der Waals surface area contributed by atoms with Crippen LogP contribution in [0.2, 0.25) is 0 Å². The number of esters is 1. The molecule has 3 aromatic rings. The third-order valence-electron chi connectivity index (χ3n) is 3.64. The van der Waals surface area contributed by atoms with Crippen molar-refractivity contribution in [3.63, 3.8) is 0 Å². The van der Waals surface area contributed by atoms with Crippen LogP contribution in [0.3, 0.4) is 0 Å². The van der Waals surface area contributed by atoms with Crippen LogP contribution in [-0.4, -0.2) is 28.5 Å². The SMILES string of the molecule is CCOC(=O)c1cc(C(=O)c2cccs2)n2cc(C(C)=O)ccc12. The first-order valence-electron chi connectivity index (χ1n) is 7.44. The number of hydrogen-bond acceptors (Lipinski definition) is 5. The zero-order chi connectivity index (χ0) is 17.3. The lowest BCUT2D eigenvalue weighted by Gasteiger charge is -2.04. The van der Waals surface area contributed by atoms with Gasteiger partial charge >= 0.3 is 5.97 Å². The fourth-order valence-corrected chi connectivity index (χ4v) is 3.16. The van der Waals surface area contributed by atoms with Crippen molar-refractivity contribution in [2.45, 2.75) is 13.8 Å². The quantitative estimate of drug-likeness (QED) is 0.525. The highest BCUT2D eigenvalue weighted by Crippen LogP contribution is 2.23. The van der Waals surface area contributed by atoms with Crippen molar-refractivity contribution < 1.29 is 19.1 Å². The Kier molecular flexibility index (Phi) is 4.31. The number of rotatable bonds is 5. The Morgan fingerprint density at radius 1 is 1.21 bits per heavy atom. The number of aromatic nitrogens is 1. The number of thiophene rings is 1. The second-order valence-electron chi connectivity index (χ2n) is 5.20. The van der Waals surface area contributed by atoms with Crippen molar-refractivity contribution in [3.05, 3.63) is 63.6 Å². The summed E-state index contributed by atoms with van der Waals surface area (Å²) in [4.78, 5) is 37.2. The number of carbonyl (C=O) groups is 3. The van der Waals surface area contributed by atoms with E-state index in [2.05, 4.69) is 0 Å². The van der Waals surface area contributed by atoms with E-state index in [4.69, 9.17) is 4.74 Å². The minimum Gasteiger partial charge on any atom is -0.462 e. The molecular weight excluding hydrogens is 326 g/mol. The van der Waals surface area contributed by atoms with E-state index in [9.17, 15) is 14.4 Å². The number of nitrogens with zero attached hydrogens (tertiary/aromatic N) is 1. The molecule has 0 aliphatic rings. The molecule has 6 heteroatoms.